The molecule has 2 heterocycles. The lowest BCUT2D eigenvalue weighted by atomic mass is 10.2. The van der Waals surface area contributed by atoms with E-state index in [1.54, 1.807) is 28.9 Å². The number of amides is 1. The number of halogens is 2. The fourth-order valence-electron chi connectivity index (χ4n) is 2.69. The Morgan fingerprint density at radius 1 is 1.25 bits per heavy atom. The summed E-state index contributed by atoms with van der Waals surface area (Å²) in [5.41, 5.74) is 1.27. The topological polar surface area (TPSA) is 108 Å². The molecule has 0 aliphatic heterocycles. The molecule has 9 nitrogen and oxygen atoms in total. The summed E-state index contributed by atoms with van der Waals surface area (Å²) in [6, 6.07) is 6.82. The number of carbonyl (C=O) groups is 1. The van der Waals surface area contributed by atoms with Gasteiger partial charge in [0.1, 0.15) is 5.69 Å². The van der Waals surface area contributed by atoms with Crippen LogP contribution in [0.5, 0.6) is 0 Å². The van der Waals surface area contributed by atoms with Gasteiger partial charge in [-0.1, -0.05) is 29.3 Å². The zero-order valence-corrected chi connectivity index (χ0v) is 16.7. The van der Waals surface area contributed by atoms with Crippen molar-refractivity contribution >= 4 is 40.6 Å². The van der Waals surface area contributed by atoms with E-state index in [0.29, 0.717) is 16.6 Å². The number of rotatable bonds is 5. The molecule has 0 bridgehead atoms. The summed E-state index contributed by atoms with van der Waals surface area (Å²) < 4.78 is 2.95. The average Bonchev–Trinajstić information content (AvgIpc) is 3.10. The fourth-order valence-corrected chi connectivity index (χ4v) is 3.15. The lowest BCUT2D eigenvalue weighted by molar-refractivity contribution is -0.385. The van der Waals surface area contributed by atoms with Crippen molar-refractivity contribution in [2.75, 3.05) is 5.32 Å². The minimum absolute atomic E-state index is 0.255. The molecule has 3 aromatic rings. The summed E-state index contributed by atoms with van der Waals surface area (Å²) in [4.78, 5) is 23.1. The molecule has 146 valence electrons. The van der Waals surface area contributed by atoms with E-state index in [9.17, 15) is 14.9 Å². The molecule has 0 saturated heterocycles. The minimum Gasteiger partial charge on any atom is -0.303 e. The normalized spacial score (nSPS) is 10.9. The van der Waals surface area contributed by atoms with Gasteiger partial charge in [-0.05, 0) is 31.5 Å². The zero-order valence-electron chi connectivity index (χ0n) is 15.2. The lowest BCUT2D eigenvalue weighted by Crippen LogP contribution is -2.15. The van der Waals surface area contributed by atoms with E-state index in [1.807, 2.05) is 6.92 Å². The highest BCUT2D eigenvalue weighted by Crippen LogP contribution is 2.24. The van der Waals surface area contributed by atoms with Crippen molar-refractivity contribution in [2.45, 2.75) is 20.4 Å². The van der Waals surface area contributed by atoms with Crippen LogP contribution in [0.25, 0.3) is 0 Å². The second-order valence-electron chi connectivity index (χ2n) is 6.18. The third kappa shape index (κ3) is 3.85. The molecule has 0 radical (unpaired) electrons. The summed E-state index contributed by atoms with van der Waals surface area (Å²) in [6.07, 6.45) is 0. The largest absolute Gasteiger partial charge is 0.322 e. The van der Waals surface area contributed by atoms with Crippen molar-refractivity contribution in [1.29, 1.82) is 0 Å². The molecule has 3 rings (SSSR count). The van der Waals surface area contributed by atoms with E-state index >= 15 is 0 Å². The number of carbonyl (C=O) groups excluding carboxylic acids is 1. The Morgan fingerprint density at radius 3 is 2.61 bits per heavy atom. The molecule has 1 aromatic carbocycles. The number of benzene rings is 1. The molecule has 0 atom stereocenters. The van der Waals surface area contributed by atoms with Crippen LogP contribution in [-0.4, -0.2) is 30.4 Å². The summed E-state index contributed by atoms with van der Waals surface area (Å²) in [6.45, 7) is 3.72. The number of nitro groups is 1. The third-order valence-corrected chi connectivity index (χ3v) is 4.85. The highest BCUT2D eigenvalue weighted by atomic mass is 35.5. The molecule has 0 aliphatic rings. The smallest absolute Gasteiger partial charge is 0.303 e. The van der Waals surface area contributed by atoms with Gasteiger partial charge in [0.05, 0.1) is 11.5 Å². The van der Waals surface area contributed by atoms with Crippen molar-refractivity contribution in [2.24, 2.45) is 7.05 Å². The molecule has 0 spiro atoms. The standard InChI is InChI=1S/C17H16Cl2N6O3/c1-9-6-14(21-24(9)8-11-4-5-12(18)7-13(11)19)20-17(26)15-16(25(27)28)10(2)23(3)22-15/h4-7H,8H2,1-3H3,(H,20,21,26). The van der Waals surface area contributed by atoms with Gasteiger partial charge in [0, 0.05) is 28.9 Å². The van der Waals surface area contributed by atoms with Gasteiger partial charge in [-0.15, -0.1) is 0 Å². The highest BCUT2D eigenvalue weighted by Gasteiger charge is 2.29. The zero-order chi connectivity index (χ0) is 20.6. The molecule has 0 unspecified atom stereocenters. The number of nitrogens with one attached hydrogen (secondary N) is 1. The first-order valence-electron chi connectivity index (χ1n) is 8.15. The van der Waals surface area contributed by atoms with Crippen LogP contribution in [0.3, 0.4) is 0 Å². The maximum atomic E-state index is 12.5. The van der Waals surface area contributed by atoms with Crippen molar-refractivity contribution in [1.82, 2.24) is 19.6 Å². The van der Waals surface area contributed by atoms with Crippen LogP contribution in [0.4, 0.5) is 11.5 Å². The maximum absolute atomic E-state index is 12.5. The molecule has 0 fully saturated rings. The van der Waals surface area contributed by atoms with Gasteiger partial charge in [-0.3, -0.25) is 24.3 Å². The molecule has 2 aromatic heterocycles. The van der Waals surface area contributed by atoms with Crippen LogP contribution >= 0.6 is 23.2 Å². The van der Waals surface area contributed by atoms with E-state index in [2.05, 4.69) is 15.5 Å². The third-order valence-electron chi connectivity index (χ3n) is 4.26. The number of hydrogen-bond donors (Lipinski definition) is 1. The van der Waals surface area contributed by atoms with Crippen molar-refractivity contribution in [3.63, 3.8) is 0 Å². The predicted molar refractivity (Wildman–Crippen MR) is 105 cm³/mol. The molecule has 28 heavy (non-hydrogen) atoms. The van der Waals surface area contributed by atoms with Gasteiger partial charge >= 0.3 is 5.69 Å². The van der Waals surface area contributed by atoms with Crippen LogP contribution in [0.15, 0.2) is 24.3 Å². The van der Waals surface area contributed by atoms with Gasteiger partial charge in [0.2, 0.25) is 5.69 Å². The van der Waals surface area contributed by atoms with E-state index in [-0.39, 0.29) is 22.9 Å². The first-order chi connectivity index (χ1) is 13.2. The van der Waals surface area contributed by atoms with Crippen LogP contribution in [-0.2, 0) is 13.6 Å². The van der Waals surface area contributed by atoms with Crippen LogP contribution in [0, 0.1) is 24.0 Å². The Bertz CT molecular complexity index is 1090. The molecular weight excluding hydrogens is 407 g/mol. The summed E-state index contributed by atoms with van der Waals surface area (Å²) in [5.74, 6) is -0.449. The Balaban J connectivity index is 1.83. The summed E-state index contributed by atoms with van der Waals surface area (Å²) >= 11 is 12.1. The number of anilines is 1. The fraction of sp³-hybridized carbons (Fsp3) is 0.235. The first-order valence-corrected chi connectivity index (χ1v) is 8.90. The Kier molecular flexibility index (Phi) is 5.39. The number of aryl methyl sites for hydroxylation is 2. The predicted octanol–water partition coefficient (Wildman–Crippen LogP) is 3.75. The molecular formula is C17H16Cl2N6O3. The molecule has 0 aliphatic carbocycles. The molecule has 1 amide bonds. The Morgan fingerprint density at radius 2 is 1.96 bits per heavy atom. The Labute approximate surface area is 170 Å². The number of hydrogen-bond acceptors (Lipinski definition) is 5. The van der Waals surface area contributed by atoms with Crippen molar-refractivity contribution in [3.05, 3.63) is 67.1 Å². The SMILES string of the molecule is Cc1c([N+](=O)[O-])c(C(=O)Nc2cc(C)n(Cc3ccc(Cl)cc3Cl)n2)nn1C. The second kappa shape index (κ2) is 7.61. The summed E-state index contributed by atoms with van der Waals surface area (Å²) in [7, 11) is 1.54. The van der Waals surface area contributed by atoms with Gasteiger partial charge in [-0.2, -0.15) is 10.2 Å². The monoisotopic (exact) mass is 422 g/mol. The van der Waals surface area contributed by atoms with Crippen LogP contribution in [0.1, 0.15) is 27.4 Å². The Hall–Kier alpha value is -2.91. The highest BCUT2D eigenvalue weighted by molar-refractivity contribution is 6.35. The van der Waals surface area contributed by atoms with E-state index < -0.39 is 10.8 Å². The second-order valence-corrected chi connectivity index (χ2v) is 7.03. The van der Waals surface area contributed by atoms with Crippen molar-refractivity contribution in [3.8, 4) is 0 Å². The molecule has 11 heteroatoms. The van der Waals surface area contributed by atoms with Gasteiger partial charge in [0.15, 0.2) is 5.82 Å². The maximum Gasteiger partial charge on any atom is 0.322 e. The van der Waals surface area contributed by atoms with Gasteiger partial charge in [0.25, 0.3) is 5.91 Å². The van der Waals surface area contributed by atoms with Gasteiger partial charge in [-0.25, -0.2) is 0 Å². The number of nitrogens with zero attached hydrogens (tertiary/aromatic N) is 5. The van der Waals surface area contributed by atoms with Gasteiger partial charge < -0.3 is 5.32 Å². The van der Waals surface area contributed by atoms with E-state index in [1.165, 1.54) is 18.7 Å². The lowest BCUT2D eigenvalue weighted by Gasteiger charge is -2.07. The quantitative estimate of drug-likeness (QED) is 0.497. The summed E-state index contributed by atoms with van der Waals surface area (Å²) in [5, 5.41) is 23.1. The molecule has 1 N–H and O–H groups in total. The van der Waals surface area contributed by atoms with E-state index in [4.69, 9.17) is 23.2 Å². The first kappa shape index (κ1) is 19.8. The van der Waals surface area contributed by atoms with E-state index in [0.717, 1.165) is 11.3 Å². The minimum atomic E-state index is -0.704. The van der Waals surface area contributed by atoms with Crippen LogP contribution < -0.4 is 5.32 Å². The molecule has 0 saturated carbocycles. The van der Waals surface area contributed by atoms with Crippen LogP contribution in [0.2, 0.25) is 10.0 Å². The average molecular weight is 423 g/mol. The van der Waals surface area contributed by atoms with Crippen molar-refractivity contribution < 1.29 is 9.72 Å². The number of aromatic nitrogens is 4.